The van der Waals surface area contributed by atoms with Gasteiger partial charge in [-0.1, -0.05) is 0 Å². The second kappa shape index (κ2) is 5.31. The van der Waals surface area contributed by atoms with E-state index in [1.54, 1.807) is 0 Å². The molecule has 0 aliphatic carbocycles. The number of rotatable bonds is 2. The Labute approximate surface area is 126 Å². The average molecular weight is 291 g/mol. The zero-order chi connectivity index (χ0) is 15.8. The van der Waals surface area contributed by atoms with Crippen LogP contribution in [0, 0.1) is 6.92 Å². The average Bonchev–Trinajstić information content (AvgIpc) is 2.34. The lowest BCUT2D eigenvalue weighted by Crippen LogP contribution is -2.58. The molecule has 1 aromatic carbocycles. The molecule has 0 saturated carbocycles. The fourth-order valence-electron chi connectivity index (χ4n) is 3.10. The Morgan fingerprint density at radius 3 is 2.29 bits per heavy atom. The summed E-state index contributed by atoms with van der Waals surface area (Å²) in [6, 6.07) is 5.52. The Hall–Kier alpha value is -1.59. The molecule has 0 radical (unpaired) electrons. The number of nitrogens with one attached hydrogen (secondary N) is 1. The van der Waals surface area contributed by atoms with E-state index in [-0.39, 0.29) is 17.1 Å². The van der Waals surface area contributed by atoms with E-state index in [2.05, 4.69) is 5.43 Å². The first-order valence-electron chi connectivity index (χ1n) is 7.20. The molecule has 21 heavy (non-hydrogen) atoms. The monoisotopic (exact) mass is 291 g/mol. The van der Waals surface area contributed by atoms with Crippen LogP contribution < -0.4 is 11.3 Å². The van der Waals surface area contributed by atoms with Crippen molar-refractivity contribution in [2.75, 3.05) is 18.5 Å². The van der Waals surface area contributed by atoms with Gasteiger partial charge >= 0.3 is 0 Å². The zero-order valence-electron chi connectivity index (χ0n) is 13.5. The Balaban J connectivity index is 2.27. The highest BCUT2D eigenvalue weighted by atomic mass is 16.5. The van der Waals surface area contributed by atoms with E-state index in [9.17, 15) is 4.79 Å². The first-order valence-corrected chi connectivity index (χ1v) is 7.20. The van der Waals surface area contributed by atoms with E-state index in [4.69, 9.17) is 10.6 Å². The number of carbonyl (C=O) groups excluding carboxylic acids is 1. The molecule has 0 unspecified atom stereocenters. The van der Waals surface area contributed by atoms with Crippen molar-refractivity contribution in [1.82, 2.24) is 4.90 Å². The van der Waals surface area contributed by atoms with Gasteiger partial charge in [0, 0.05) is 24.3 Å². The lowest BCUT2D eigenvalue weighted by molar-refractivity contribution is -0.171. The van der Waals surface area contributed by atoms with E-state index in [0.29, 0.717) is 18.7 Å². The molecule has 1 saturated heterocycles. The van der Waals surface area contributed by atoms with Crippen molar-refractivity contribution in [2.45, 2.75) is 45.8 Å². The molecule has 116 valence electrons. The smallest absolute Gasteiger partial charge is 0.254 e. The van der Waals surface area contributed by atoms with E-state index in [0.717, 1.165) is 11.3 Å². The number of amides is 1. The number of morpholine rings is 1. The van der Waals surface area contributed by atoms with Gasteiger partial charge in [-0.15, -0.1) is 0 Å². The number of hydrogen-bond donors (Lipinski definition) is 2. The minimum absolute atomic E-state index is 0.0421. The fourth-order valence-corrected chi connectivity index (χ4v) is 3.10. The lowest BCUT2D eigenvalue weighted by Gasteiger charge is -2.47. The molecule has 0 spiro atoms. The van der Waals surface area contributed by atoms with Gasteiger partial charge in [0.25, 0.3) is 5.91 Å². The molecule has 5 nitrogen and oxygen atoms in total. The van der Waals surface area contributed by atoms with Crippen LogP contribution in [0.15, 0.2) is 18.2 Å². The number of nitrogen functional groups attached to an aromatic ring is 1. The summed E-state index contributed by atoms with van der Waals surface area (Å²) in [6.07, 6.45) is 0. The topological polar surface area (TPSA) is 67.6 Å². The standard InChI is InChI=1S/C16H25N3O2/c1-11-8-12(18-17)6-7-13(11)14(20)19-9-15(2,3)21-16(4,5)10-19/h6-8,18H,9-10,17H2,1-5H3. The van der Waals surface area contributed by atoms with Gasteiger partial charge in [-0.25, -0.2) is 0 Å². The molecule has 1 fully saturated rings. The quantitative estimate of drug-likeness (QED) is 0.648. The molecule has 1 aliphatic heterocycles. The molecule has 5 heteroatoms. The molecule has 2 rings (SSSR count). The van der Waals surface area contributed by atoms with Crippen LogP contribution >= 0.6 is 0 Å². The second-order valence-corrected chi connectivity index (χ2v) is 6.96. The summed E-state index contributed by atoms with van der Waals surface area (Å²) in [5.74, 6) is 5.44. The van der Waals surface area contributed by atoms with Gasteiger partial charge in [-0.2, -0.15) is 0 Å². The van der Waals surface area contributed by atoms with Crippen LogP contribution in [0.1, 0.15) is 43.6 Å². The predicted molar refractivity (Wildman–Crippen MR) is 84.1 cm³/mol. The highest BCUT2D eigenvalue weighted by Crippen LogP contribution is 2.29. The normalized spacial score (nSPS) is 20.2. The van der Waals surface area contributed by atoms with Crippen molar-refractivity contribution < 1.29 is 9.53 Å². The van der Waals surface area contributed by atoms with Crippen LogP contribution in [-0.4, -0.2) is 35.1 Å². The maximum Gasteiger partial charge on any atom is 0.254 e. The molecule has 1 heterocycles. The third-order valence-corrected chi connectivity index (χ3v) is 3.61. The summed E-state index contributed by atoms with van der Waals surface area (Å²) < 4.78 is 6.02. The van der Waals surface area contributed by atoms with Crippen molar-refractivity contribution in [3.63, 3.8) is 0 Å². The van der Waals surface area contributed by atoms with E-state index < -0.39 is 0 Å². The minimum atomic E-state index is -0.343. The number of anilines is 1. The molecular formula is C16H25N3O2. The number of hydrogen-bond acceptors (Lipinski definition) is 4. The largest absolute Gasteiger partial charge is 0.366 e. The number of nitrogens with zero attached hydrogens (tertiary/aromatic N) is 1. The van der Waals surface area contributed by atoms with Gasteiger partial charge in [-0.3, -0.25) is 10.6 Å². The highest BCUT2D eigenvalue weighted by Gasteiger charge is 2.40. The Kier molecular flexibility index (Phi) is 4.00. The van der Waals surface area contributed by atoms with Crippen molar-refractivity contribution in [2.24, 2.45) is 5.84 Å². The summed E-state index contributed by atoms with van der Waals surface area (Å²) in [6.45, 7) is 11.2. The number of ether oxygens (including phenoxy) is 1. The SMILES string of the molecule is Cc1cc(NN)ccc1C(=O)N1CC(C)(C)OC(C)(C)C1. The molecule has 3 N–H and O–H groups in total. The summed E-state index contributed by atoms with van der Waals surface area (Å²) in [7, 11) is 0. The van der Waals surface area contributed by atoms with Crippen LogP contribution in [0.4, 0.5) is 5.69 Å². The number of hydrazine groups is 1. The van der Waals surface area contributed by atoms with Crippen molar-refractivity contribution in [3.8, 4) is 0 Å². The van der Waals surface area contributed by atoms with E-state index >= 15 is 0 Å². The van der Waals surface area contributed by atoms with E-state index in [1.807, 2.05) is 57.7 Å². The maximum atomic E-state index is 12.8. The van der Waals surface area contributed by atoms with Gasteiger partial charge < -0.3 is 15.1 Å². The second-order valence-electron chi connectivity index (χ2n) is 6.96. The van der Waals surface area contributed by atoms with Crippen LogP contribution in [-0.2, 0) is 4.74 Å². The number of benzene rings is 1. The summed E-state index contributed by atoms with van der Waals surface area (Å²) in [5, 5.41) is 0. The molecule has 1 aliphatic rings. The summed E-state index contributed by atoms with van der Waals surface area (Å²) >= 11 is 0. The molecule has 1 amide bonds. The number of carbonyl (C=O) groups is 1. The minimum Gasteiger partial charge on any atom is -0.366 e. The van der Waals surface area contributed by atoms with Gasteiger partial charge in [0.2, 0.25) is 0 Å². The molecule has 0 bridgehead atoms. The molecule has 0 atom stereocenters. The molecular weight excluding hydrogens is 266 g/mol. The third-order valence-electron chi connectivity index (χ3n) is 3.61. The summed E-state index contributed by atoms with van der Waals surface area (Å²) in [4.78, 5) is 14.7. The molecule has 0 aromatic heterocycles. The first-order chi connectivity index (χ1) is 9.63. The van der Waals surface area contributed by atoms with Crippen LogP contribution in [0.3, 0.4) is 0 Å². The number of nitrogens with two attached hydrogens (primary N) is 1. The van der Waals surface area contributed by atoms with Crippen molar-refractivity contribution in [3.05, 3.63) is 29.3 Å². The fraction of sp³-hybridized carbons (Fsp3) is 0.562. The van der Waals surface area contributed by atoms with Crippen LogP contribution in [0.2, 0.25) is 0 Å². The van der Waals surface area contributed by atoms with Gasteiger partial charge in [-0.05, 0) is 58.4 Å². The highest BCUT2D eigenvalue weighted by molar-refractivity contribution is 5.96. The maximum absolute atomic E-state index is 12.8. The third kappa shape index (κ3) is 3.54. The van der Waals surface area contributed by atoms with E-state index in [1.165, 1.54) is 0 Å². The van der Waals surface area contributed by atoms with Gasteiger partial charge in [0.05, 0.1) is 11.2 Å². The molecule has 1 aromatic rings. The zero-order valence-corrected chi connectivity index (χ0v) is 13.5. The Bertz CT molecular complexity index is 536. The number of aryl methyl sites for hydroxylation is 1. The predicted octanol–water partition coefficient (Wildman–Crippen LogP) is 2.31. The van der Waals surface area contributed by atoms with Gasteiger partial charge in [0.15, 0.2) is 0 Å². The first kappa shape index (κ1) is 15.8. The lowest BCUT2D eigenvalue weighted by atomic mass is 9.97. The van der Waals surface area contributed by atoms with Crippen LogP contribution in [0.5, 0.6) is 0 Å². The summed E-state index contributed by atoms with van der Waals surface area (Å²) in [5.41, 5.74) is 4.33. The van der Waals surface area contributed by atoms with Crippen molar-refractivity contribution in [1.29, 1.82) is 0 Å². The Morgan fingerprint density at radius 1 is 1.24 bits per heavy atom. The van der Waals surface area contributed by atoms with Crippen molar-refractivity contribution >= 4 is 11.6 Å². The van der Waals surface area contributed by atoms with Gasteiger partial charge in [0.1, 0.15) is 0 Å². The van der Waals surface area contributed by atoms with Crippen LogP contribution in [0.25, 0.3) is 0 Å². The Morgan fingerprint density at radius 2 is 1.81 bits per heavy atom.